The van der Waals surface area contributed by atoms with Crippen molar-refractivity contribution in [3.8, 4) is 0 Å². The summed E-state index contributed by atoms with van der Waals surface area (Å²) in [5.41, 5.74) is 10.4. The van der Waals surface area contributed by atoms with Gasteiger partial charge in [-0.1, -0.05) is 0 Å². The number of carbonyl (C=O) groups is 2. The smallest absolute Gasteiger partial charge is 0.339 e. The van der Waals surface area contributed by atoms with Crippen LogP contribution in [0.3, 0.4) is 0 Å². The van der Waals surface area contributed by atoms with Crippen LogP contribution >= 0.6 is 0 Å². The molecule has 27 heavy (non-hydrogen) atoms. The first-order chi connectivity index (χ1) is 12.6. The standard InChI is InChI=1S/C20H22N2O5/c1-10-11(2)13(4)18(14(5)12(10)3)20(24)27-9-16-7-6-15(19(21)23)8-17(16)22(25)26/h6-8H,9H2,1-5H3,(H2,21,23). The number of nitro groups is 1. The Balaban J connectivity index is 2.34. The summed E-state index contributed by atoms with van der Waals surface area (Å²) in [6.07, 6.45) is 0. The molecule has 0 aliphatic heterocycles. The molecule has 142 valence electrons. The summed E-state index contributed by atoms with van der Waals surface area (Å²) >= 11 is 0. The highest BCUT2D eigenvalue weighted by molar-refractivity contribution is 5.94. The van der Waals surface area contributed by atoms with Gasteiger partial charge in [-0.05, 0) is 74.6 Å². The number of benzene rings is 2. The minimum Gasteiger partial charge on any atom is -0.457 e. The molecule has 0 atom stereocenters. The number of ether oxygens (including phenoxy) is 1. The van der Waals surface area contributed by atoms with Crippen molar-refractivity contribution in [2.45, 2.75) is 41.2 Å². The molecule has 7 heteroatoms. The Morgan fingerprint density at radius 1 is 1.00 bits per heavy atom. The first kappa shape index (κ1) is 20.1. The van der Waals surface area contributed by atoms with Gasteiger partial charge in [-0.15, -0.1) is 0 Å². The highest BCUT2D eigenvalue weighted by Gasteiger charge is 2.22. The van der Waals surface area contributed by atoms with E-state index in [-0.39, 0.29) is 23.4 Å². The molecule has 0 unspecified atom stereocenters. The quantitative estimate of drug-likeness (QED) is 0.491. The highest BCUT2D eigenvalue weighted by Crippen LogP contribution is 2.27. The van der Waals surface area contributed by atoms with Crippen LogP contribution in [0.5, 0.6) is 0 Å². The number of hydrogen-bond donors (Lipinski definition) is 1. The van der Waals surface area contributed by atoms with Crippen LogP contribution in [0.2, 0.25) is 0 Å². The molecule has 0 spiro atoms. The van der Waals surface area contributed by atoms with Crippen molar-refractivity contribution in [3.63, 3.8) is 0 Å². The predicted molar refractivity (Wildman–Crippen MR) is 101 cm³/mol. The van der Waals surface area contributed by atoms with Gasteiger partial charge in [0, 0.05) is 11.6 Å². The maximum absolute atomic E-state index is 12.7. The maximum Gasteiger partial charge on any atom is 0.339 e. The van der Waals surface area contributed by atoms with Gasteiger partial charge in [0.05, 0.1) is 16.1 Å². The minimum atomic E-state index is -0.765. The predicted octanol–water partition coefficient (Wildman–Crippen LogP) is 3.59. The second-order valence-electron chi connectivity index (χ2n) is 6.54. The fraction of sp³-hybridized carbons (Fsp3) is 0.300. The van der Waals surface area contributed by atoms with E-state index in [1.165, 1.54) is 12.1 Å². The second kappa shape index (κ2) is 7.57. The number of primary amides is 1. The zero-order chi connectivity index (χ0) is 20.5. The van der Waals surface area contributed by atoms with Crippen LogP contribution in [0.1, 0.15) is 54.1 Å². The summed E-state index contributed by atoms with van der Waals surface area (Å²) in [6.45, 7) is 9.33. The second-order valence-corrected chi connectivity index (χ2v) is 6.54. The lowest BCUT2D eigenvalue weighted by molar-refractivity contribution is -0.385. The first-order valence-electron chi connectivity index (χ1n) is 8.37. The Morgan fingerprint density at radius 3 is 2.00 bits per heavy atom. The summed E-state index contributed by atoms with van der Waals surface area (Å²) in [7, 11) is 0. The van der Waals surface area contributed by atoms with Gasteiger partial charge >= 0.3 is 5.97 Å². The van der Waals surface area contributed by atoms with Crippen molar-refractivity contribution in [1.29, 1.82) is 0 Å². The van der Waals surface area contributed by atoms with Gasteiger partial charge in [0.15, 0.2) is 0 Å². The van der Waals surface area contributed by atoms with E-state index >= 15 is 0 Å². The average Bonchev–Trinajstić information content (AvgIpc) is 2.62. The third kappa shape index (κ3) is 3.81. The topological polar surface area (TPSA) is 113 Å². The van der Waals surface area contributed by atoms with E-state index in [0.29, 0.717) is 5.56 Å². The summed E-state index contributed by atoms with van der Waals surface area (Å²) < 4.78 is 5.36. The fourth-order valence-electron chi connectivity index (χ4n) is 3.03. The number of nitrogens with zero attached hydrogens (tertiary/aromatic N) is 1. The molecule has 7 nitrogen and oxygen atoms in total. The van der Waals surface area contributed by atoms with Crippen molar-refractivity contribution in [2.24, 2.45) is 5.73 Å². The molecule has 0 aliphatic rings. The van der Waals surface area contributed by atoms with Crippen molar-refractivity contribution < 1.29 is 19.2 Å². The largest absolute Gasteiger partial charge is 0.457 e. The molecule has 2 rings (SSSR count). The molecule has 0 aromatic heterocycles. The number of esters is 1. The molecule has 0 radical (unpaired) electrons. The highest BCUT2D eigenvalue weighted by atomic mass is 16.6. The molecule has 0 aliphatic carbocycles. The number of carbonyl (C=O) groups excluding carboxylic acids is 2. The molecule has 0 saturated heterocycles. The lowest BCUT2D eigenvalue weighted by Gasteiger charge is -2.17. The van der Waals surface area contributed by atoms with Gasteiger partial charge in [-0.2, -0.15) is 0 Å². The van der Waals surface area contributed by atoms with Crippen LogP contribution in [0, 0.1) is 44.7 Å². The van der Waals surface area contributed by atoms with Crippen molar-refractivity contribution in [2.75, 3.05) is 0 Å². The summed E-state index contributed by atoms with van der Waals surface area (Å²) in [4.78, 5) is 34.5. The molecular weight excluding hydrogens is 348 g/mol. The van der Waals surface area contributed by atoms with Gasteiger partial charge < -0.3 is 10.5 Å². The van der Waals surface area contributed by atoms with Crippen LogP contribution < -0.4 is 5.73 Å². The minimum absolute atomic E-state index is 0.0215. The molecule has 0 fully saturated rings. The zero-order valence-corrected chi connectivity index (χ0v) is 16.0. The third-order valence-corrected chi connectivity index (χ3v) is 5.13. The van der Waals surface area contributed by atoms with E-state index in [0.717, 1.165) is 33.9 Å². The van der Waals surface area contributed by atoms with Crippen LogP contribution in [0.4, 0.5) is 5.69 Å². The normalized spacial score (nSPS) is 10.6. The number of amides is 1. The Hall–Kier alpha value is -3.22. The van der Waals surface area contributed by atoms with Crippen LogP contribution in [-0.4, -0.2) is 16.8 Å². The van der Waals surface area contributed by atoms with Crippen molar-refractivity contribution in [1.82, 2.24) is 0 Å². The first-order valence-corrected chi connectivity index (χ1v) is 8.37. The van der Waals surface area contributed by atoms with Crippen molar-refractivity contribution >= 4 is 17.6 Å². The lowest BCUT2D eigenvalue weighted by atomic mass is 9.90. The van der Waals surface area contributed by atoms with E-state index in [1.54, 1.807) is 0 Å². The van der Waals surface area contributed by atoms with Crippen LogP contribution in [0.15, 0.2) is 18.2 Å². The molecule has 2 aromatic carbocycles. The summed E-state index contributed by atoms with van der Waals surface area (Å²) in [5, 5.41) is 11.3. The molecular formula is C20H22N2O5. The number of nitrogens with two attached hydrogens (primary N) is 1. The van der Waals surface area contributed by atoms with E-state index in [2.05, 4.69) is 0 Å². The van der Waals surface area contributed by atoms with E-state index in [4.69, 9.17) is 10.5 Å². The van der Waals surface area contributed by atoms with Gasteiger partial charge in [-0.25, -0.2) is 4.79 Å². The Morgan fingerprint density at radius 2 is 1.52 bits per heavy atom. The van der Waals surface area contributed by atoms with Crippen LogP contribution in [-0.2, 0) is 11.3 Å². The Labute approximate surface area is 157 Å². The summed E-state index contributed by atoms with van der Waals surface area (Å²) in [5.74, 6) is -1.30. The Kier molecular flexibility index (Phi) is 5.64. The molecule has 0 saturated carbocycles. The number of rotatable bonds is 5. The van der Waals surface area contributed by atoms with Gasteiger partial charge in [0.1, 0.15) is 6.61 Å². The lowest BCUT2D eigenvalue weighted by Crippen LogP contribution is -2.14. The Bertz CT molecular complexity index is 934. The van der Waals surface area contributed by atoms with Gasteiger partial charge in [0.25, 0.3) is 5.69 Å². The van der Waals surface area contributed by atoms with E-state index in [9.17, 15) is 19.7 Å². The van der Waals surface area contributed by atoms with E-state index in [1.807, 2.05) is 34.6 Å². The maximum atomic E-state index is 12.7. The number of hydrogen-bond acceptors (Lipinski definition) is 5. The molecule has 0 heterocycles. The van der Waals surface area contributed by atoms with Crippen LogP contribution in [0.25, 0.3) is 0 Å². The van der Waals surface area contributed by atoms with Crippen molar-refractivity contribution in [3.05, 3.63) is 72.8 Å². The molecule has 0 bridgehead atoms. The third-order valence-electron chi connectivity index (χ3n) is 5.13. The van der Waals surface area contributed by atoms with Gasteiger partial charge in [0.2, 0.25) is 5.91 Å². The molecule has 1 amide bonds. The van der Waals surface area contributed by atoms with Gasteiger partial charge in [-0.3, -0.25) is 14.9 Å². The average molecular weight is 370 g/mol. The molecule has 2 aromatic rings. The SMILES string of the molecule is Cc1c(C)c(C)c(C(=O)OCc2ccc(C(N)=O)cc2[N+](=O)[O-])c(C)c1C. The zero-order valence-electron chi connectivity index (χ0n) is 16.0. The fourth-order valence-corrected chi connectivity index (χ4v) is 3.03. The summed E-state index contributed by atoms with van der Waals surface area (Å²) in [6, 6.07) is 3.83. The monoisotopic (exact) mass is 370 g/mol. The van der Waals surface area contributed by atoms with E-state index < -0.39 is 16.8 Å². The molecule has 2 N–H and O–H groups in total. The number of nitro benzene ring substituents is 1.